The van der Waals surface area contributed by atoms with E-state index in [9.17, 15) is 9.59 Å². The van der Waals surface area contributed by atoms with Crippen LogP contribution in [-0.2, 0) is 11.8 Å². The van der Waals surface area contributed by atoms with E-state index in [1.165, 1.54) is 7.11 Å². The van der Waals surface area contributed by atoms with Crippen molar-refractivity contribution in [1.82, 2.24) is 14.5 Å². The van der Waals surface area contributed by atoms with Crippen LogP contribution in [0.4, 0.5) is 5.69 Å². The Morgan fingerprint density at radius 2 is 2.03 bits per heavy atom. The molecule has 0 aliphatic heterocycles. The summed E-state index contributed by atoms with van der Waals surface area (Å²) in [5, 5.41) is 4.13. The predicted octanol–water partition coefficient (Wildman–Crippen LogP) is 4.52. The fraction of sp³-hybridized carbons (Fsp3) is 0.391. The van der Waals surface area contributed by atoms with Crippen molar-refractivity contribution in [3.05, 3.63) is 62.4 Å². The van der Waals surface area contributed by atoms with E-state index in [0.29, 0.717) is 22.5 Å². The highest BCUT2D eigenvalue weighted by Gasteiger charge is 2.26. The number of hydrogen-bond donors (Lipinski definition) is 1. The molecule has 0 spiro atoms. The second-order valence-electron chi connectivity index (χ2n) is 8.10. The van der Waals surface area contributed by atoms with Gasteiger partial charge >= 0.3 is 5.97 Å². The monoisotopic (exact) mass is 440 g/mol. The molecule has 3 aromatic rings. The summed E-state index contributed by atoms with van der Waals surface area (Å²) in [6, 6.07) is 6.97. The fourth-order valence-corrected chi connectivity index (χ4v) is 4.19. The lowest BCUT2D eigenvalue weighted by atomic mass is 9.84. The number of rotatable bonds is 5. The Kier molecular flexibility index (Phi) is 5.71. The molecule has 8 heteroatoms. The molecule has 4 rings (SSSR count). The van der Waals surface area contributed by atoms with Gasteiger partial charge in [0, 0.05) is 18.5 Å². The number of carbonyl (C=O) groups excluding carboxylic acids is 1. The van der Waals surface area contributed by atoms with Crippen LogP contribution in [0, 0.1) is 6.92 Å². The van der Waals surface area contributed by atoms with E-state index in [1.54, 1.807) is 23.7 Å². The quantitative estimate of drug-likeness (QED) is 0.463. The number of hydrogen-bond acceptors (Lipinski definition) is 6. The van der Waals surface area contributed by atoms with Crippen LogP contribution in [0.25, 0.3) is 10.9 Å². The minimum Gasteiger partial charge on any atom is -0.464 e. The SMILES string of the molecule is COC(=O)c1nc(Cl)ccc1N[C@H](C)c1cc(C)cc2c(=O)n(C)c(C3CCC3)nc12. The van der Waals surface area contributed by atoms with Gasteiger partial charge in [-0.1, -0.05) is 24.1 Å². The zero-order valence-corrected chi connectivity index (χ0v) is 18.8. The summed E-state index contributed by atoms with van der Waals surface area (Å²) >= 11 is 5.98. The summed E-state index contributed by atoms with van der Waals surface area (Å²) in [6.07, 6.45) is 3.27. The third-order valence-electron chi connectivity index (χ3n) is 5.94. The van der Waals surface area contributed by atoms with Gasteiger partial charge in [-0.05, 0) is 50.5 Å². The number of carbonyl (C=O) groups is 1. The van der Waals surface area contributed by atoms with Gasteiger partial charge in [-0.2, -0.15) is 0 Å². The number of halogens is 1. The average Bonchev–Trinajstić information content (AvgIpc) is 2.71. The predicted molar refractivity (Wildman–Crippen MR) is 121 cm³/mol. The van der Waals surface area contributed by atoms with Crippen LogP contribution in [0.5, 0.6) is 0 Å². The fourth-order valence-electron chi connectivity index (χ4n) is 4.05. The van der Waals surface area contributed by atoms with Gasteiger partial charge in [-0.3, -0.25) is 9.36 Å². The molecule has 1 aliphatic carbocycles. The molecular formula is C23H25ClN4O3. The maximum atomic E-state index is 13.1. The second-order valence-corrected chi connectivity index (χ2v) is 8.49. The number of pyridine rings is 1. The molecule has 0 bridgehead atoms. The Bertz CT molecular complexity index is 1230. The Balaban J connectivity index is 1.82. The highest BCUT2D eigenvalue weighted by molar-refractivity contribution is 6.29. The first-order valence-electron chi connectivity index (χ1n) is 10.3. The number of anilines is 1. The van der Waals surface area contributed by atoms with E-state index in [0.717, 1.165) is 36.2 Å². The number of aromatic nitrogens is 3. The van der Waals surface area contributed by atoms with E-state index in [4.69, 9.17) is 21.3 Å². The van der Waals surface area contributed by atoms with Gasteiger partial charge in [-0.25, -0.2) is 14.8 Å². The van der Waals surface area contributed by atoms with Crippen LogP contribution in [0.15, 0.2) is 29.1 Å². The maximum Gasteiger partial charge on any atom is 0.358 e. The van der Waals surface area contributed by atoms with Crippen LogP contribution in [-0.4, -0.2) is 27.6 Å². The third kappa shape index (κ3) is 3.90. The second kappa shape index (κ2) is 8.30. The highest BCUT2D eigenvalue weighted by Crippen LogP contribution is 2.36. The van der Waals surface area contributed by atoms with Crippen molar-refractivity contribution in [3.63, 3.8) is 0 Å². The van der Waals surface area contributed by atoms with Crippen molar-refractivity contribution in [2.75, 3.05) is 12.4 Å². The van der Waals surface area contributed by atoms with Crippen molar-refractivity contribution in [3.8, 4) is 0 Å². The molecule has 0 radical (unpaired) electrons. The molecule has 1 atom stereocenters. The van der Waals surface area contributed by atoms with E-state index in [-0.39, 0.29) is 22.4 Å². The van der Waals surface area contributed by atoms with E-state index >= 15 is 0 Å². The zero-order valence-electron chi connectivity index (χ0n) is 18.0. The number of methoxy groups -OCH3 is 1. The first-order chi connectivity index (χ1) is 14.8. The minimum absolute atomic E-state index is 0.0348. The molecule has 1 aliphatic rings. The Morgan fingerprint density at radius 1 is 1.29 bits per heavy atom. The summed E-state index contributed by atoms with van der Waals surface area (Å²) in [6.45, 7) is 3.92. The lowest BCUT2D eigenvalue weighted by molar-refractivity contribution is 0.0595. The number of nitrogens with zero attached hydrogens (tertiary/aromatic N) is 3. The smallest absolute Gasteiger partial charge is 0.358 e. The molecule has 2 aromatic heterocycles. The molecule has 0 saturated heterocycles. The lowest BCUT2D eigenvalue weighted by Crippen LogP contribution is -2.27. The molecule has 2 heterocycles. The average molecular weight is 441 g/mol. The van der Waals surface area contributed by atoms with Crippen molar-refractivity contribution in [2.45, 2.75) is 45.1 Å². The summed E-state index contributed by atoms with van der Waals surface area (Å²) in [5.74, 6) is 0.584. The largest absolute Gasteiger partial charge is 0.464 e. The van der Waals surface area contributed by atoms with Crippen molar-refractivity contribution in [2.24, 2.45) is 7.05 Å². The standard InChI is InChI=1S/C23H25ClN4O3/c1-12-10-15(13(2)25-17-8-9-18(24)26-20(17)23(30)31-4)19-16(11-12)22(29)28(3)21(27-19)14-6-5-7-14/h8-11,13-14,25H,5-7H2,1-4H3/t13-/m1/s1. The van der Waals surface area contributed by atoms with Gasteiger partial charge in [-0.15, -0.1) is 0 Å². The summed E-state index contributed by atoms with van der Waals surface area (Å²) in [5.41, 5.74) is 3.12. The zero-order chi connectivity index (χ0) is 22.3. The minimum atomic E-state index is -0.578. The van der Waals surface area contributed by atoms with Crippen LogP contribution in [0.1, 0.15) is 65.6 Å². The van der Waals surface area contributed by atoms with E-state index in [2.05, 4.69) is 10.3 Å². The molecule has 1 aromatic carbocycles. The van der Waals surface area contributed by atoms with Crippen molar-refractivity contribution >= 4 is 34.2 Å². The van der Waals surface area contributed by atoms with E-state index in [1.807, 2.05) is 26.0 Å². The van der Waals surface area contributed by atoms with Crippen molar-refractivity contribution < 1.29 is 9.53 Å². The number of aryl methyl sites for hydroxylation is 1. The summed E-state index contributed by atoms with van der Waals surface area (Å²) in [4.78, 5) is 34.3. The van der Waals surface area contributed by atoms with Crippen LogP contribution in [0.3, 0.4) is 0 Å². The molecular weight excluding hydrogens is 416 g/mol. The molecule has 1 fully saturated rings. The Labute approximate surface area is 185 Å². The van der Waals surface area contributed by atoms with Gasteiger partial charge in [0.05, 0.1) is 29.7 Å². The van der Waals surface area contributed by atoms with E-state index < -0.39 is 5.97 Å². The topological polar surface area (TPSA) is 86.1 Å². The lowest BCUT2D eigenvalue weighted by Gasteiger charge is -2.27. The molecule has 1 saturated carbocycles. The molecule has 7 nitrogen and oxygen atoms in total. The molecule has 31 heavy (non-hydrogen) atoms. The number of nitrogens with one attached hydrogen (secondary N) is 1. The first-order valence-corrected chi connectivity index (χ1v) is 10.7. The Morgan fingerprint density at radius 3 is 2.68 bits per heavy atom. The van der Waals surface area contributed by atoms with Gasteiger partial charge < -0.3 is 10.1 Å². The first kappa shape index (κ1) is 21.3. The number of fused-ring (bicyclic) bond motifs is 1. The van der Waals surface area contributed by atoms with Crippen LogP contribution in [0.2, 0.25) is 5.15 Å². The van der Waals surface area contributed by atoms with Gasteiger partial charge in [0.25, 0.3) is 5.56 Å². The molecule has 162 valence electrons. The van der Waals surface area contributed by atoms with Gasteiger partial charge in [0.1, 0.15) is 11.0 Å². The summed E-state index contributed by atoms with van der Waals surface area (Å²) in [7, 11) is 3.10. The molecule has 1 N–H and O–H groups in total. The highest BCUT2D eigenvalue weighted by atomic mass is 35.5. The van der Waals surface area contributed by atoms with Gasteiger partial charge in [0.2, 0.25) is 0 Å². The number of esters is 1. The molecule has 0 amide bonds. The Hall–Kier alpha value is -2.93. The third-order valence-corrected chi connectivity index (χ3v) is 6.15. The van der Waals surface area contributed by atoms with Crippen LogP contribution < -0.4 is 10.9 Å². The number of ether oxygens (including phenoxy) is 1. The molecule has 0 unspecified atom stereocenters. The van der Waals surface area contributed by atoms with Crippen LogP contribution >= 0.6 is 11.6 Å². The maximum absolute atomic E-state index is 13.1. The number of benzene rings is 1. The summed E-state index contributed by atoms with van der Waals surface area (Å²) < 4.78 is 6.53. The van der Waals surface area contributed by atoms with Crippen molar-refractivity contribution in [1.29, 1.82) is 0 Å². The normalized spacial score (nSPS) is 14.9. The van der Waals surface area contributed by atoms with Gasteiger partial charge in [0.15, 0.2) is 5.69 Å².